The summed E-state index contributed by atoms with van der Waals surface area (Å²) in [6, 6.07) is 16.5. The molecule has 0 aliphatic carbocycles. The topological polar surface area (TPSA) is 121 Å². The number of unbranched alkanes of at least 4 members (excludes halogenated alkanes) is 1. The van der Waals surface area contributed by atoms with Crippen LogP contribution in [0.4, 0.5) is 5.13 Å². The second-order valence-corrected chi connectivity index (χ2v) is 11.3. The summed E-state index contributed by atoms with van der Waals surface area (Å²) in [5, 5.41) is 12.3. The number of benzene rings is 3. The number of carbonyl (C=O) groups excluding carboxylic acids is 2. The zero-order chi connectivity index (χ0) is 31.7. The number of ether oxygens (including phenoxy) is 4. The third kappa shape index (κ3) is 5.44. The zero-order valence-corrected chi connectivity index (χ0v) is 26.1. The van der Waals surface area contributed by atoms with Gasteiger partial charge in [0.15, 0.2) is 39.5 Å². The van der Waals surface area contributed by atoms with Gasteiger partial charge in [-0.05, 0) is 61.4 Å². The number of Topliss-reactive ketones (excluding diaryl/α,β-unsaturated/α-hetero) is 1. The monoisotopic (exact) mass is 628 g/mol. The standard InChI is InChI=1S/C34H32N2O8S/c1-5-7-15-43-23-14-11-19(16-25(23)41-4)29-28(30(37)26-17-20-9-8-10-24(40-3)32(20)44-26)31(38)33(39)36(29)34-35-22-13-12-21(42-6-2)18-27(22)45-34/h8-14,16-18,29,38H,5-7,15H2,1-4H3. The first kappa shape index (κ1) is 30.0. The van der Waals surface area contributed by atoms with E-state index in [0.29, 0.717) is 63.4 Å². The molecular weight excluding hydrogens is 596 g/mol. The van der Waals surface area contributed by atoms with E-state index >= 15 is 0 Å². The number of anilines is 1. The highest BCUT2D eigenvalue weighted by Gasteiger charge is 2.47. The molecule has 1 aliphatic rings. The van der Waals surface area contributed by atoms with Gasteiger partial charge in [0.2, 0.25) is 5.78 Å². The van der Waals surface area contributed by atoms with Gasteiger partial charge < -0.3 is 28.5 Å². The van der Waals surface area contributed by atoms with Crippen LogP contribution in [0.1, 0.15) is 48.8 Å². The lowest BCUT2D eigenvalue weighted by atomic mass is 9.95. The molecule has 11 heteroatoms. The van der Waals surface area contributed by atoms with Crippen LogP contribution in [0.5, 0.6) is 23.0 Å². The maximum atomic E-state index is 14.2. The minimum absolute atomic E-state index is 0.0483. The van der Waals surface area contributed by atoms with Crippen LogP contribution in [0.15, 0.2) is 76.4 Å². The lowest BCUT2D eigenvalue weighted by molar-refractivity contribution is -0.117. The summed E-state index contributed by atoms with van der Waals surface area (Å²) in [4.78, 5) is 34.1. The molecule has 0 spiro atoms. The quantitative estimate of drug-likeness (QED) is 0.111. The Balaban J connectivity index is 1.48. The van der Waals surface area contributed by atoms with Crippen molar-refractivity contribution in [3.8, 4) is 23.0 Å². The number of hydrogen-bond donors (Lipinski definition) is 1. The number of nitrogens with zero attached hydrogens (tertiary/aromatic N) is 2. The van der Waals surface area contributed by atoms with E-state index in [9.17, 15) is 14.7 Å². The molecule has 1 atom stereocenters. The van der Waals surface area contributed by atoms with Gasteiger partial charge >= 0.3 is 0 Å². The Morgan fingerprint density at radius 1 is 1.00 bits per heavy atom. The Labute approximate surface area is 263 Å². The number of rotatable bonds is 12. The molecule has 1 N–H and O–H groups in total. The summed E-state index contributed by atoms with van der Waals surface area (Å²) >= 11 is 1.25. The van der Waals surface area contributed by atoms with Crippen molar-refractivity contribution < 1.29 is 38.1 Å². The SMILES string of the molecule is CCCCOc1ccc(C2C(C(=O)c3cc4cccc(OC)c4o3)=C(O)C(=O)N2c2nc3ccc(OCC)cc3s2)cc1OC. The van der Waals surface area contributed by atoms with Crippen molar-refractivity contribution in [3.63, 3.8) is 0 Å². The summed E-state index contributed by atoms with van der Waals surface area (Å²) in [7, 11) is 3.03. The molecule has 45 heavy (non-hydrogen) atoms. The van der Waals surface area contributed by atoms with E-state index in [0.717, 1.165) is 17.5 Å². The Bertz CT molecular complexity index is 1940. The number of furan rings is 1. The summed E-state index contributed by atoms with van der Waals surface area (Å²) in [6.45, 7) is 4.98. The van der Waals surface area contributed by atoms with E-state index < -0.39 is 23.5 Å². The van der Waals surface area contributed by atoms with E-state index in [1.807, 2.05) is 19.1 Å². The Hall–Kier alpha value is -5.03. The molecule has 10 nitrogen and oxygen atoms in total. The molecule has 0 radical (unpaired) electrons. The molecule has 1 aliphatic heterocycles. The van der Waals surface area contributed by atoms with Crippen LogP contribution in [0.3, 0.4) is 0 Å². The summed E-state index contributed by atoms with van der Waals surface area (Å²) in [5.74, 6) is -0.0636. The van der Waals surface area contributed by atoms with E-state index in [2.05, 4.69) is 6.92 Å². The number of aliphatic hydroxyl groups is 1. The van der Waals surface area contributed by atoms with Gasteiger partial charge in [-0.15, -0.1) is 0 Å². The number of ketones is 1. The van der Waals surface area contributed by atoms with Crippen molar-refractivity contribution in [2.45, 2.75) is 32.7 Å². The van der Waals surface area contributed by atoms with E-state index in [4.69, 9.17) is 28.3 Å². The van der Waals surface area contributed by atoms with Gasteiger partial charge in [-0.2, -0.15) is 0 Å². The number of hydrogen-bond acceptors (Lipinski definition) is 10. The number of aliphatic hydroxyl groups excluding tert-OH is 1. The third-order valence-corrected chi connectivity index (χ3v) is 8.55. The van der Waals surface area contributed by atoms with Gasteiger partial charge in [0.25, 0.3) is 5.91 Å². The third-order valence-electron chi connectivity index (χ3n) is 7.53. The average molecular weight is 629 g/mol. The Morgan fingerprint density at radius 2 is 1.82 bits per heavy atom. The van der Waals surface area contributed by atoms with Crippen LogP contribution in [0.2, 0.25) is 0 Å². The molecule has 0 bridgehead atoms. The van der Waals surface area contributed by atoms with Gasteiger partial charge in [0.05, 0.1) is 49.3 Å². The molecule has 1 unspecified atom stereocenters. The van der Waals surface area contributed by atoms with Crippen molar-refractivity contribution in [2.75, 3.05) is 32.3 Å². The first-order valence-electron chi connectivity index (χ1n) is 14.6. The minimum atomic E-state index is -1.05. The number of para-hydroxylation sites is 1. The van der Waals surface area contributed by atoms with E-state index in [1.165, 1.54) is 30.5 Å². The van der Waals surface area contributed by atoms with Crippen LogP contribution in [0.25, 0.3) is 21.2 Å². The summed E-state index contributed by atoms with van der Waals surface area (Å²) in [6.07, 6.45) is 1.84. The maximum absolute atomic E-state index is 14.2. The van der Waals surface area contributed by atoms with Crippen LogP contribution >= 0.6 is 11.3 Å². The predicted octanol–water partition coefficient (Wildman–Crippen LogP) is 7.42. The van der Waals surface area contributed by atoms with Gasteiger partial charge in [-0.25, -0.2) is 4.98 Å². The van der Waals surface area contributed by atoms with Crippen molar-refractivity contribution in [2.24, 2.45) is 0 Å². The lowest BCUT2D eigenvalue weighted by Crippen LogP contribution is -2.31. The molecule has 0 saturated heterocycles. The van der Waals surface area contributed by atoms with Gasteiger partial charge in [0, 0.05) is 5.39 Å². The average Bonchev–Trinajstić information content (AvgIpc) is 3.75. The lowest BCUT2D eigenvalue weighted by Gasteiger charge is -2.25. The molecule has 232 valence electrons. The molecule has 2 aromatic heterocycles. The molecule has 5 aromatic rings. The minimum Gasteiger partial charge on any atom is -0.503 e. The van der Waals surface area contributed by atoms with Crippen LogP contribution in [-0.2, 0) is 4.79 Å². The molecule has 3 aromatic carbocycles. The van der Waals surface area contributed by atoms with E-state index in [1.54, 1.807) is 48.5 Å². The van der Waals surface area contributed by atoms with E-state index in [-0.39, 0.29) is 11.3 Å². The number of amides is 1. The molecule has 1 amide bonds. The van der Waals surface area contributed by atoms with Crippen molar-refractivity contribution in [1.29, 1.82) is 0 Å². The molecular formula is C34H32N2O8S. The van der Waals surface area contributed by atoms with Gasteiger partial charge in [-0.3, -0.25) is 14.5 Å². The van der Waals surface area contributed by atoms with Gasteiger partial charge in [0.1, 0.15) is 5.75 Å². The Kier molecular flexibility index (Phi) is 8.36. The number of thiazole rings is 1. The summed E-state index contributed by atoms with van der Waals surface area (Å²) < 4.78 is 29.4. The van der Waals surface area contributed by atoms with Crippen LogP contribution in [-0.4, -0.2) is 49.2 Å². The number of aromatic nitrogens is 1. The first-order valence-corrected chi connectivity index (χ1v) is 15.4. The smallest absolute Gasteiger partial charge is 0.296 e. The molecule has 3 heterocycles. The van der Waals surface area contributed by atoms with Crippen molar-refractivity contribution in [1.82, 2.24) is 4.98 Å². The highest BCUT2D eigenvalue weighted by molar-refractivity contribution is 7.22. The normalized spacial score (nSPS) is 14.9. The molecule has 6 rings (SSSR count). The van der Waals surface area contributed by atoms with Crippen LogP contribution < -0.4 is 23.8 Å². The Morgan fingerprint density at radius 3 is 2.58 bits per heavy atom. The predicted molar refractivity (Wildman–Crippen MR) is 171 cm³/mol. The second kappa shape index (κ2) is 12.5. The maximum Gasteiger partial charge on any atom is 0.296 e. The number of fused-ring (bicyclic) bond motifs is 2. The fourth-order valence-corrected chi connectivity index (χ4v) is 6.36. The fraction of sp³-hybridized carbons (Fsp3) is 0.265. The zero-order valence-electron chi connectivity index (χ0n) is 25.3. The molecule has 0 saturated carbocycles. The summed E-state index contributed by atoms with van der Waals surface area (Å²) in [5.41, 5.74) is 1.39. The van der Waals surface area contributed by atoms with Crippen molar-refractivity contribution in [3.05, 3.63) is 83.3 Å². The highest BCUT2D eigenvalue weighted by Crippen LogP contribution is 2.46. The fourth-order valence-electron chi connectivity index (χ4n) is 5.34. The van der Waals surface area contributed by atoms with Crippen LogP contribution in [0, 0.1) is 0 Å². The van der Waals surface area contributed by atoms with Crippen molar-refractivity contribution >= 4 is 49.3 Å². The first-order chi connectivity index (χ1) is 21.9. The highest BCUT2D eigenvalue weighted by atomic mass is 32.1. The second-order valence-electron chi connectivity index (χ2n) is 10.3. The largest absolute Gasteiger partial charge is 0.503 e. The number of carbonyl (C=O) groups is 2. The van der Waals surface area contributed by atoms with Gasteiger partial charge in [-0.1, -0.05) is 42.9 Å². The molecule has 0 fully saturated rings. The number of methoxy groups -OCH3 is 2.